The summed E-state index contributed by atoms with van der Waals surface area (Å²) in [5, 5.41) is 12.7. The first kappa shape index (κ1) is 15.6. The van der Waals surface area contributed by atoms with Crippen molar-refractivity contribution in [3.05, 3.63) is 16.8 Å². The van der Waals surface area contributed by atoms with Crippen molar-refractivity contribution in [2.75, 3.05) is 24.7 Å². The Labute approximate surface area is 125 Å². The number of aryl methyl sites for hydroxylation is 1. The molecule has 0 aliphatic rings. The molecule has 0 fully saturated rings. The van der Waals surface area contributed by atoms with E-state index < -0.39 is 16.0 Å². The Kier molecular flexibility index (Phi) is 4.40. The quantitative estimate of drug-likeness (QED) is 0.711. The van der Waals surface area contributed by atoms with Gasteiger partial charge in [-0.1, -0.05) is 0 Å². The Bertz CT molecular complexity index is 785. The molecular formula is C11H14N4O4S2. The predicted octanol–water partition coefficient (Wildman–Crippen LogP) is 0.659. The van der Waals surface area contributed by atoms with Gasteiger partial charge in [0.05, 0.1) is 11.1 Å². The number of carboxylic acids is 1. The molecule has 114 valence electrons. The number of carbonyl (C=O) groups is 1. The summed E-state index contributed by atoms with van der Waals surface area (Å²) in [5.41, 5.74) is 0.571. The average molecular weight is 330 g/mol. The van der Waals surface area contributed by atoms with Crippen molar-refractivity contribution in [1.29, 1.82) is 0 Å². The number of aromatic carboxylic acids is 1. The summed E-state index contributed by atoms with van der Waals surface area (Å²) >= 11 is 1.07. The topological polar surface area (TPSA) is 121 Å². The molecule has 3 N–H and O–H groups in total. The Morgan fingerprint density at radius 3 is 2.76 bits per heavy atom. The number of sulfonamides is 1. The fraction of sp³-hybridized carbons (Fsp3) is 0.364. The van der Waals surface area contributed by atoms with E-state index >= 15 is 0 Å². The zero-order valence-electron chi connectivity index (χ0n) is 11.4. The molecule has 0 aliphatic heterocycles. The Hall–Kier alpha value is -1.78. The van der Waals surface area contributed by atoms with E-state index in [1.165, 1.54) is 13.4 Å². The lowest BCUT2D eigenvalue weighted by Gasteiger charge is -2.07. The van der Waals surface area contributed by atoms with Crippen LogP contribution < -0.4 is 10.0 Å². The summed E-state index contributed by atoms with van der Waals surface area (Å²) in [6.07, 6.45) is 1.32. The van der Waals surface area contributed by atoms with Crippen LogP contribution in [0, 0.1) is 6.92 Å². The molecule has 0 atom stereocenters. The summed E-state index contributed by atoms with van der Waals surface area (Å²) < 4.78 is 24.9. The number of nitrogens with one attached hydrogen (secondary N) is 2. The van der Waals surface area contributed by atoms with Gasteiger partial charge in [-0.05, 0) is 19.5 Å². The molecule has 8 nitrogen and oxygen atoms in total. The van der Waals surface area contributed by atoms with E-state index in [4.69, 9.17) is 5.11 Å². The molecule has 2 aromatic heterocycles. The van der Waals surface area contributed by atoms with Crippen LogP contribution in [0.2, 0.25) is 0 Å². The van der Waals surface area contributed by atoms with Crippen LogP contribution >= 0.6 is 11.3 Å². The summed E-state index contributed by atoms with van der Waals surface area (Å²) in [4.78, 5) is 20.0. The van der Waals surface area contributed by atoms with Crippen molar-refractivity contribution in [1.82, 2.24) is 14.7 Å². The van der Waals surface area contributed by atoms with Gasteiger partial charge in [-0.15, -0.1) is 11.3 Å². The van der Waals surface area contributed by atoms with E-state index in [1.807, 2.05) is 0 Å². The zero-order chi connectivity index (χ0) is 15.6. The molecule has 2 rings (SSSR count). The second-order valence-corrected chi connectivity index (χ2v) is 7.26. The van der Waals surface area contributed by atoms with Crippen LogP contribution in [0.5, 0.6) is 0 Å². The van der Waals surface area contributed by atoms with Crippen LogP contribution in [0.25, 0.3) is 10.2 Å². The van der Waals surface area contributed by atoms with Gasteiger partial charge < -0.3 is 10.4 Å². The van der Waals surface area contributed by atoms with Crippen molar-refractivity contribution in [2.45, 2.75) is 6.92 Å². The standard InChI is InChI=1S/C11H14N4O4S2/c1-6-7-9(13-3-4-21(18,19)12-2)14-5-15-10(7)20-8(6)11(16)17/h5,12H,3-4H2,1-2H3,(H,16,17)(H,13,14,15). The average Bonchev–Trinajstić information content (AvgIpc) is 2.77. The maximum atomic E-state index is 11.4. The van der Waals surface area contributed by atoms with Crippen molar-refractivity contribution in [3.63, 3.8) is 0 Å². The molecule has 0 aliphatic carbocycles. The highest BCUT2D eigenvalue weighted by molar-refractivity contribution is 7.89. The number of carboxylic acid groups (broad SMARTS) is 1. The molecule has 21 heavy (non-hydrogen) atoms. The normalized spacial score (nSPS) is 11.7. The second kappa shape index (κ2) is 5.92. The minimum Gasteiger partial charge on any atom is -0.477 e. The van der Waals surface area contributed by atoms with Crippen molar-refractivity contribution in [3.8, 4) is 0 Å². The van der Waals surface area contributed by atoms with Gasteiger partial charge in [0.25, 0.3) is 0 Å². The molecule has 10 heteroatoms. The number of hydrogen-bond donors (Lipinski definition) is 3. The van der Waals surface area contributed by atoms with Gasteiger partial charge in [0, 0.05) is 6.54 Å². The number of aromatic nitrogens is 2. The number of rotatable bonds is 6. The summed E-state index contributed by atoms with van der Waals surface area (Å²) in [6.45, 7) is 1.84. The predicted molar refractivity (Wildman–Crippen MR) is 80.4 cm³/mol. The number of anilines is 1. The molecule has 2 aromatic rings. The van der Waals surface area contributed by atoms with Gasteiger partial charge in [-0.25, -0.2) is 27.9 Å². The molecule has 0 spiro atoms. The van der Waals surface area contributed by atoms with E-state index in [9.17, 15) is 13.2 Å². The van der Waals surface area contributed by atoms with E-state index in [0.717, 1.165) is 11.3 Å². The lowest BCUT2D eigenvalue weighted by molar-refractivity contribution is 0.0701. The number of hydrogen-bond acceptors (Lipinski definition) is 7. The molecule has 0 unspecified atom stereocenters. The smallest absolute Gasteiger partial charge is 0.346 e. The van der Waals surface area contributed by atoms with Crippen LogP contribution in [0.4, 0.5) is 5.82 Å². The summed E-state index contributed by atoms with van der Waals surface area (Å²) in [7, 11) is -1.96. The fourth-order valence-corrected chi connectivity index (χ4v) is 3.38. The minimum atomic E-state index is -3.31. The SMILES string of the molecule is CNS(=O)(=O)CCNc1ncnc2sc(C(=O)O)c(C)c12. The van der Waals surface area contributed by atoms with E-state index in [2.05, 4.69) is 20.0 Å². The Balaban J connectivity index is 2.30. The van der Waals surface area contributed by atoms with Crippen LogP contribution in [-0.4, -0.2) is 48.8 Å². The van der Waals surface area contributed by atoms with Gasteiger partial charge in [-0.3, -0.25) is 0 Å². The Morgan fingerprint density at radius 2 is 2.14 bits per heavy atom. The van der Waals surface area contributed by atoms with Gasteiger partial charge >= 0.3 is 5.97 Å². The third-order valence-corrected chi connectivity index (χ3v) is 5.45. The highest BCUT2D eigenvalue weighted by Crippen LogP contribution is 2.32. The van der Waals surface area contributed by atoms with Crippen molar-refractivity contribution < 1.29 is 18.3 Å². The maximum Gasteiger partial charge on any atom is 0.346 e. The molecule has 0 amide bonds. The molecule has 0 saturated heterocycles. The first-order valence-corrected chi connectivity index (χ1v) is 8.45. The highest BCUT2D eigenvalue weighted by atomic mass is 32.2. The van der Waals surface area contributed by atoms with E-state index in [1.54, 1.807) is 6.92 Å². The molecule has 0 saturated carbocycles. The second-order valence-electron chi connectivity index (χ2n) is 4.21. The monoisotopic (exact) mass is 330 g/mol. The first-order chi connectivity index (χ1) is 9.85. The third-order valence-electron chi connectivity index (χ3n) is 2.90. The van der Waals surface area contributed by atoms with Crippen LogP contribution in [0.15, 0.2) is 6.33 Å². The molecule has 0 radical (unpaired) electrons. The van der Waals surface area contributed by atoms with Crippen LogP contribution in [0.3, 0.4) is 0 Å². The summed E-state index contributed by atoms with van der Waals surface area (Å²) in [5.74, 6) is -0.684. The van der Waals surface area contributed by atoms with Gasteiger partial charge in [-0.2, -0.15) is 0 Å². The lowest BCUT2D eigenvalue weighted by Crippen LogP contribution is -2.26. The molecule has 0 bridgehead atoms. The molecule has 2 heterocycles. The van der Waals surface area contributed by atoms with Crippen LogP contribution in [0.1, 0.15) is 15.2 Å². The first-order valence-electron chi connectivity index (χ1n) is 5.98. The van der Waals surface area contributed by atoms with E-state index in [-0.39, 0.29) is 17.2 Å². The van der Waals surface area contributed by atoms with Crippen molar-refractivity contribution >= 4 is 43.4 Å². The molecule has 0 aromatic carbocycles. The number of thiophene rings is 1. The van der Waals surface area contributed by atoms with Crippen molar-refractivity contribution in [2.24, 2.45) is 0 Å². The van der Waals surface area contributed by atoms with E-state index in [0.29, 0.717) is 21.6 Å². The third kappa shape index (κ3) is 3.28. The van der Waals surface area contributed by atoms with Gasteiger partial charge in [0.2, 0.25) is 10.0 Å². The van der Waals surface area contributed by atoms with Crippen LogP contribution in [-0.2, 0) is 10.0 Å². The highest BCUT2D eigenvalue weighted by Gasteiger charge is 2.18. The largest absolute Gasteiger partial charge is 0.477 e. The maximum absolute atomic E-state index is 11.4. The zero-order valence-corrected chi connectivity index (χ0v) is 13.0. The summed E-state index contributed by atoms with van der Waals surface area (Å²) in [6, 6.07) is 0. The van der Waals surface area contributed by atoms with Gasteiger partial charge in [0.15, 0.2) is 0 Å². The Morgan fingerprint density at radius 1 is 1.43 bits per heavy atom. The lowest BCUT2D eigenvalue weighted by atomic mass is 10.2. The minimum absolute atomic E-state index is 0.107. The molecular weight excluding hydrogens is 316 g/mol. The number of fused-ring (bicyclic) bond motifs is 1. The fourth-order valence-electron chi connectivity index (χ4n) is 1.82. The van der Waals surface area contributed by atoms with Gasteiger partial charge in [0.1, 0.15) is 21.9 Å². The number of nitrogens with zero attached hydrogens (tertiary/aromatic N) is 2.